The van der Waals surface area contributed by atoms with Crippen molar-refractivity contribution in [2.75, 3.05) is 20.2 Å². The second-order valence-electron chi connectivity index (χ2n) is 6.38. The molecule has 1 aromatic carbocycles. The lowest BCUT2D eigenvalue weighted by Gasteiger charge is -2.43. The van der Waals surface area contributed by atoms with E-state index in [9.17, 15) is 8.42 Å². The summed E-state index contributed by atoms with van der Waals surface area (Å²) in [7, 11) is -1.71. The molecular weight excluding hydrogens is 322 g/mol. The summed E-state index contributed by atoms with van der Waals surface area (Å²) in [5, 5.41) is 0.546. The van der Waals surface area contributed by atoms with Crippen molar-refractivity contribution in [2.24, 2.45) is 5.41 Å². The molecule has 0 radical (unpaired) electrons. The number of halogens is 1. The highest BCUT2D eigenvalue weighted by molar-refractivity contribution is 7.89. The summed E-state index contributed by atoms with van der Waals surface area (Å²) < 4.78 is 33.0. The maximum absolute atomic E-state index is 12.9. The van der Waals surface area contributed by atoms with Crippen LogP contribution < -0.4 is 0 Å². The molecule has 1 heterocycles. The number of hydrogen-bond acceptors (Lipinski definition) is 3. The zero-order valence-corrected chi connectivity index (χ0v) is 14.4. The van der Waals surface area contributed by atoms with Gasteiger partial charge in [-0.2, -0.15) is 4.31 Å². The maximum atomic E-state index is 12.9. The van der Waals surface area contributed by atoms with E-state index in [-0.39, 0.29) is 11.5 Å². The van der Waals surface area contributed by atoms with Crippen molar-refractivity contribution in [3.8, 4) is 0 Å². The highest BCUT2D eigenvalue weighted by Crippen LogP contribution is 2.47. The Kier molecular flexibility index (Phi) is 4.52. The van der Waals surface area contributed by atoms with Gasteiger partial charge < -0.3 is 4.74 Å². The summed E-state index contributed by atoms with van der Waals surface area (Å²) in [6.07, 6.45) is 5.33. The molecule has 4 nitrogen and oxygen atoms in total. The molecule has 6 heteroatoms. The quantitative estimate of drug-likeness (QED) is 0.845. The molecule has 1 aliphatic heterocycles. The third kappa shape index (κ3) is 2.80. The minimum atomic E-state index is -3.45. The molecule has 0 amide bonds. The smallest absolute Gasteiger partial charge is 0.243 e. The van der Waals surface area contributed by atoms with E-state index >= 15 is 0 Å². The summed E-state index contributed by atoms with van der Waals surface area (Å²) in [6.45, 7) is 1.15. The first-order valence-corrected chi connectivity index (χ1v) is 9.58. The van der Waals surface area contributed by atoms with Crippen molar-refractivity contribution < 1.29 is 13.2 Å². The van der Waals surface area contributed by atoms with Crippen LogP contribution in [0.25, 0.3) is 0 Å². The molecule has 122 valence electrons. The summed E-state index contributed by atoms with van der Waals surface area (Å²) in [6, 6.07) is 6.42. The van der Waals surface area contributed by atoms with Gasteiger partial charge in [0, 0.05) is 30.6 Å². The third-order valence-corrected chi connectivity index (χ3v) is 7.24. The van der Waals surface area contributed by atoms with E-state index in [2.05, 4.69) is 0 Å². The molecule has 0 aromatic heterocycles. The number of piperidine rings is 1. The molecule has 1 saturated heterocycles. The van der Waals surface area contributed by atoms with Crippen LogP contribution in [0.1, 0.15) is 32.1 Å². The number of rotatable bonds is 3. The van der Waals surface area contributed by atoms with Crippen LogP contribution in [0.5, 0.6) is 0 Å². The van der Waals surface area contributed by atoms with Crippen LogP contribution in [0.15, 0.2) is 29.2 Å². The van der Waals surface area contributed by atoms with Gasteiger partial charge in [0.25, 0.3) is 0 Å². The fourth-order valence-corrected chi connectivity index (χ4v) is 5.72. The third-order valence-electron chi connectivity index (χ3n) is 5.13. The van der Waals surface area contributed by atoms with Gasteiger partial charge in [-0.15, -0.1) is 0 Å². The predicted molar refractivity (Wildman–Crippen MR) is 86.5 cm³/mol. The highest BCUT2D eigenvalue weighted by Gasteiger charge is 2.48. The molecule has 0 N–H and O–H groups in total. The van der Waals surface area contributed by atoms with Crippen LogP contribution in [0.2, 0.25) is 5.02 Å². The number of sulfonamides is 1. The molecule has 3 rings (SSSR count). The number of benzene rings is 1. The number of methoxy groups -OCH3 is 1. The van der Waals surface area contributed by atoms with Crippen LogP contribution in [0.4, 0.5) is 0 Å². The number of hydrogen-bond donors (Lipinski definition) is 0. The molecule has 1 saturated carbocycles. The van der Waals surface area contributed by atoms with Gasteiger partial charge in [0.2, 0.25) is 10.0 Å². The van der Waals surface area contributed by atoms with Crippen molar-refractivity contribution in [1.82, 2.24) is 4.31 Å². The molecule has 0 unspecified atom stereocenters. The second kappa shape index (κ2) is 6.11. The molecule has 1 spiro atoms. The normalized spacial score (nSPS) is 30.0. The van der Waals surface area contributed by atoms with Crippen LogP contribution >= 0.6 is 11.6 Å². The molecular formula is C16H22ClNO3S. The van der Waals surface area contributed by atoms with Crippen molar-refractivity contribution in [2.45, 2.75) is 43.1 Å². The lowest BCUT2D eigenvalue weighted by atomic mass is 9.77. The SMILES string of the molecule is CO[C@@H]1CCC[C@@]12CCCN(S(=O)(=O)c1ccc(Cl)cc1)C2. The average Bonchev–Trinajstić information content (AvgIpc) is 2.89. The van der Waals surface area contributed by atoms with E-state index in [1.807, 2.05) is 0 Å². The molecule has 2 fully saturated rings. The van der Waals surface area contributed by atoms with Crippen molar-refractivity contribution >= 4 is 21.6 Å². The van der Waals surface area contributed by atoms with Gasteiger partial charge in [-0.3, -0.25) is 0 Å². The minimum absolute atomic E-state index is 0.00745. The van der Waals surface area contributed by atoms with Gasteiger partial charge >= 0.3 is 0 Å². The monoisotopic (exact) mass is 343 g/mol. The van der Waals surface area contributed by atoms with E-state index in [1.165, 1.54) is 0 Å². The fourth-order valence-electron chi connectivity index (χ4n) is 4.02. The Labute approximate surface area is 137 Å². The fraction of sp³-hybridized carbons (Fsp3) is 0.625. The predicted octanol–water partition coefficient (Wildman–Crippen LogP) is 3.31. The topological polar surface area (TPSA) is 46.6 Å². The van der Waals surface area contributed by atoms with Crippen LogP contribution in [0, 0.1) is 5.41 Å². The summed E-state index contributed by atoms with van der Waals surface area (Å²) in [4.78, 5) is 0.320. The zero-order valence-electron chi connectivity index (χ0n) is 12.8. The van der Waals surface area contributed by atoms with Crippen molar-refractivity contribution in [1.29, 1.82) is 0 Å². The molecule has 2 aliphatic rings. The first-order chi connectivity index (χ1) is 10.5. The van der Waals surface area contributed by atoms with Crippen LogP contribution in [-0.4, -0.2) is 39.0 Å². The molecule has 2 atom stereocenters. The summed E-state index contributed by atoms with van der Waals surface area (Å²) >= 11 is 5.86. The molecule has 22 heavy (non-hydrogen) atoms. The van der Waals surface area contributed by atoms with Gasteiger partial charge in [0.1, 0.15) is 0 Å². The Hall–Kier alpha value is -0.620. The van der Waals surface area contributed by atoms with Crippen molar-refractivity contribution in [3.05, 3.63) is 29.3 Å². The van der Waals surface area contributed by atoms with E-state index in [0.717, 1.165) is 32.1 Å². The van der Waals surface area contributed by atoms with Gasteiger partial charge in [-0.1, -0.05) is 18.0 Å². The molecule has 1 aromatic rings. The number of nitrogens with zero attached hydrogens (tertiary/aromatic N) is 1. The Balaban J connectivity index is 1.86. The highest BCUT2D eigenvalue weighted by atomic mass is 35.5. The number of ether oxygens (including phenoxy) is 1. The Morgan fingerprint density at radius 1 is 1.23 bits per heavy atom. The Morgan fingerprint density at radius 2 is 1.91 bits per heavy atom. The van der Waals surface area contributed by atoms with E-state index < -0.39 is 10.0 Å². The van der Waals surface area contributed by atoms with Gasteiger partial charge in [0.05, 0.1) is 11.0 Å². The molecule has 1 aliphatic carbocycles. The summed E-state index contributed by atoms with van der Waals surface area (Å²) in [5.41, 5.74) is -0.00745. The summed E-state index contributed by atoms with van der Waals surface area (Å²) in [5.74, 6) is 0. The molecule has 0 bridgehead atoms. The van der Waals surface area contributed by atoms with Crippen LogP contribution in [-0.2, 0) is 14.8 Å². The lowest BCUT2D eigenvalue weighted by Crippen LogP contribution is -2.49. The average molecular weight is 344 g/mol. The second-order valence-corrected chi connectivity index (χ2v) is 8.75. The first kappa shape index (κ1) is 16.2. The van der Waals surface area contributed by atoms with Gasteiger partial charge in [0.15, 0.2) is 0 Å². The largest absolute Gasteiger partial charge is 0.381 e. The Morgan fingerprint density at radius 3 is 2.59 bits per heavy atom. The van der Waals surface area contributed by atoms with E-state index in [4.69, 9.17) is 16.3 Å². The van der Waals surface area contributed by atoms with Crippen molar-refractivity contribution in [3.63, 3.8) is 0 Å². The zero-order chi connectivity index (χ0) is 15.8. The van der Waals surface area contributed by atoms with Gasteiger partial charge in [-0.25, -0.2) is 8.42 Å². The lowest BCUT2D eigenvalue weighted by molar-refractivity contribution is -0.0184. The first-order valence-electron chi connectivity index (χ1n) is 7.76. The maximum Gasteiger partial charge on any atom is 0.243 e. The van der Waals surface area contributed by atoms with E-state index in [0.29, 0.717) is 23.0 Å². The van der Waals surface area contributed by atoms with Crippen LogP contribution in [0.3, 0.4) is 0 Å². The minimum Gasteiger partial charge on any atom is -0.381 e. The van der Waals surface area contributed by atoms with Gasteiger partial charge in [-0.05, 0) is 49.9 Å². The standard InChI is InChI=1S/C16H22ClNO3S/c1-21-15-4-2-9-16(15)10-3-11-18(12-16)22(19,20)14-7-5-13(17)6-8-14/h5-8,15H,2-4,9-12H2,1H3/t15-,16+/m1/s1. The van der Waals surface area contributed by atoms with E-state index in [1.54, 1.807) is 35.7 Å². The Bertz CT molecular complexity index is 631.